The summed E-state index contributed by atoms with van der Waals surface area (Å²) in [7, 11) is 0. The standard InChI is InChI=1S/C11H12BrN3O2/c1-6-3-4-9(17-6)7(2)14-8-5-13-15-11(16)10(8)12/h3-5,7H,1-2H3,(H2,14,15,16). The zero-order chi connectivity index (χ0) is 12.4. The number of nitrogens with zero attached hydrogens (tertiary/aromatic N) is 1. The zero-order valence-electron chi connectivity index (χ0n) is 9.45. The number of rotatable bonds is 3. The van der Waals surface area contributed by atoms with Crippen LogP contribution < -0.4 is 10.9 Å². The van der Waals surface area contributed by atoms with E-state index in [1.54, 1.807) is 6.20 Å². The molecule has 2 aromatic heterocycles. The number of H-pyrrole nitrogens is 1. The van der Waals surface area contributed by atoms with Crippen LogP contribution in [0.3, 0.4) is 0 Å². The van der Waals surface area contributed by atoms with Gasteiger partial charge in [0.1, 0.15) is 16.0 Å². The van der Waals surface area contributed by atoms with Crippen molar-refractivity contribution < 1.29 is 4.42 Å². The Bertz CT molecular complexity index is 576. The van der Waals surface area contributed by atoms with Gasteiger partial charge in [0.2, 0.25) is 0 Å². The lowest BCUT2D eigenvalue weighted by Crippen LogP contribution is -2.14. The van der Waals surface area contributed by atoms with E-state index in [9.17, 15) is 4.79 Å². The molecule has 2 N–H and O–H groups in total. The molecule has 6 heteroatoms. The fourth-order valence-electron chi connectivity index (χ4n) is 1.47. The minimum Gasteiger partial charge on any atom is -0.464 e. The Morgan fingerprint density at radius 1 is 1.53 bits per heavy atom. The summed E-state index contributed by atoms with van der Waals surface area (Å²) in [6.45, 7) is 3.84. The highest BCUT2D eigenvalue weighted by Gasteiger charge is 2.12. The topological polar surface area (TPSA) is 70.9 Å². The lowest BCUT2D eigenvalue weighted by atomic mass is 10.2. The average molecular weight is 298 g/mol. The van der Waals surface area contributed by atoms with E-state index >= 15 is 0 Å². The second-order valence-electron chi connectivity index (χ2n) is 3.74. The lowest BCUT2D eigenvalue weighted by Gasteiger charge is -2.13. The first-order chi connectivity index (χ1) is 8.08. The minimum atomic E-state index is -0.266. The van der Waals surface area contributed by atoms with Crippen molar-refractivity contribution in [3.63, 3.8) is 0 Å². The molecular formula is C11H12BrN3O2. The minimum absolute atomic E-state index is 0.0383. The normalized spacial score (nSPS) is 12.4. The fraction of sp³-hybridized carbons (Fsp3) is 0.273. The Morgan fingerprint density at radius 3 is 2.94 bits per heavy atom. The first-order valence-electron chi connectivity index (χ1n) is 5.14. The summed E-state index contributed by atoms with van der Waals surface area (Å²) in [5, 5.41) is 9.24. The van der Waals surface area contributed by atoms with Crippen LogP contribution in [-0.2, 0) is 0 Å². The van der Waals surface area contributed by atoms with Gasteiger partial charge in [-0.3, -0.25) is 4.79 Å². The predicted molar refractivity (Wildman–Crippen MR) is 68.0 cm³/mol. The summed E-state index contributed by atoms with van der Waals surface area (Å²) >= 11 is 3.21. The number of halogens is 1. The summed E-state index contributed by atoms with van der Waals surface area (Å²) in [5.41, 5.74) is 0.369. The Kier molecular flexibility index (Phi) is 3.33. The summed E-state index contributed by atoms with van der Waals surface area (Å²) in [6.07, 6.45) is 1.55. The Hall–Kier alpha value is -1.56. The largest absolute Gasteiger partial charge is 0.464 e. The molecule has 0 spiro atoms. The van der Waals surface area contributed by atoms with Gasteiger partial charge in [-0.2, -0.15) is 5.10 Å². The second-order valence-corrected chi connectivity index (χ2v) is 4.53. The van der Waals surface area contributed by atoms with Crippen molar-refractivity contribution in [1.82, 2.24) is 10.2 Å². The number of aryl methyl sites for hydroxylation is 1. The van der Waals surface area contributed by atoms with E-state index in [-0.39, 0.29) is 11.6 Å². The molecule has 0 amide bonds. The molecule has 0 aromatic carbocycles. The van der Waals surface area contributed by atoms with Crippen LogP contribution in [0.1, 0.15) is 24.5 Å². The quantitative estimate of drug-likeness (QED) is 0.913. The van der Waals surface area contributed by atoms with Crippen LogP contribution in [0.15, 0.2) is 32.0 Å². The molecule has 0 saturated carbocycles. The molecule has 2 rings (SSSR count). The Balaban J connectivity index is 2.21. The van der Waals surface area contributed by atoms with E-state index in [2.05, 4.69) is 31.4 Å². The van der Waals surface area contributed by atoms with Gasteiger partial charge < -0.3 is 9.73 Å². The molecule has 2 aromatic rings. The average Bonchev–Trinajstić information content (AvgIpc) is 2.72. The number of furan rings is 1. The molecule has 90 valence electrons. The molecule has 2 heterocycles. The van der Waals surface area contributed by atoms with Crippen molar-refractivity contribution in [3.05, 3.63) is 44.7 Å². The third-order valence-corrected chi connectivity index (χ3v) is 3.14. The highest BCUT2D eigenvalue weighted by molar-refractivity contribution is 9.10. The van der Waals surface area contributed by atoms with Crippen LogP contribution in [0.5, 0.6) is 0 Å². The van der Waals surface area contributed by atoms with Crippen LogP contribution in [0.2, 0.25) is 0 Å². The molecule has 0 aliphatic rings. The molecule has 0 aliphatic carbocycles. The van der Waals surface area contributed by atoms with E-state index in [4.69, 9.17) is 4.42 Å². The molecule has 1 unspecified atom stereocenters. The summed E-state index contributed by atoms with van der Waals surface area (Å²) < 4.78 is 5.94. The highest BCUT2D eigenvalue weighted by Crippen LogP contribution is 2.23. The van der Waals surface area contributed by atoms with E-state index in [1.807, 2.05) is 26.0 Å². The van der Waals surface area contributed by atoms with Crippen molar-refractivity contribution in [2.24, 2.45) is 0 Å². The number of aromatic amines is 1. The van der Waals surface area contributed by atoms with E-state index < -0.39 is 0 Å². The Morgan fingerprint density at radius 2 is 2.29 bits per heavy atom. The molecule has 0 bridgehead atoms. The third kappa shape index (κ3) is 2.58. The molecule has 5 nitrogen and oxygen atoms in total. The fourth-order valence-corrected chi connectivity index (χ4v) is 1.78. The molecule has 0 radical (unpaired) electrons. The van der Waals surface area contributed by atoms with Gasteiger partial charge in [0.25, 0.3) is 5.56 Å². The molecule has 17 heavy (non-hydrogen) atoms. The maximum Gasteiger partial charge on any atom is 0.280 e. The van der Waals surface area contributed by atoms with Crippen molar-refractivity contribution in [2.45, 2.75) is 19.9 Å². The summed E-state index contributed by atoms with van der Waals surface area (Å²) in [4.78, 5) is 11.3. The van der Waals surface area contributed by atoms with Gasteiger partial charge in [-0.15, -0.1) is 0 Å². The zero-order valence-corrected chi connectivity index (χ0v) is 11.0. The summed E-state index contributed by atoms with van der Waals surface area (Å²) in [6, 6.07) is 3.77. The van der Waals surface area contributed by atoms with Crippen LogP contribution >= 0.6 is 15.9 Å². The number of nitrogens with one attached hydrogen (secondary N) is 2. The van der Waals surface area contributed by atoms with E-state index in [0.29, 0.717) is 10.2 Å². The third-order valence-electron chi connectivity index (χ3n) is 2.36. The highest BCUT2D eigenvalue weighted by atomic mass is 79.9. The van der Waals surface area contributed by atoms with Crippen molar-refractivity contribution in [3.8, 4) is 0 Å². The van der Waals surface area contributed by atoms with Crippen molar-refractivity contribution in [1.29, 1.82) is 0 Å². The molecule has 0 aliphatic heterocycles. The predicted octanol–water partition coefficient (Wildman–Crippen LogP) is 2.61. The summed E-state index contributed by atoms with van der Waals surface area (Å²) in [5.74, 6) is 1.67. The first kappa shape index (κ1) is 11.9. The van der Waals surface area contributed by atoms with E-state index in [1.165, 1.54) is 0 Å². The van der Waals surface area contributed by atoms with Gasteiger partial charge in [0, 0.05) is 0 Å². The van der Waals surface area contributed by atoms with Gasteiger partial charge in [0.15, 0.2) is 0 Å². The van der Waals surface area contributed by atoms with Crippen LogP contribution in [0, 0.1) is 6.92 Å². The van der Waals surface area contributed by atoms with Crippen LogP contribution in [-0.4, -0.2) is 10.2 Å². The van der Waals surface area contributed by atoms with Gasteiger partial charge >= 0.3 is 0 Å². The van der Waals surface area contributed by atoms with Gasteiger partial charge in [-0.1, -0.05) is 0 Å². The monoisotopic (exact) mass is 297 g/mol. The number of aromatic nitrogens is 2. The maximum atomic E-state index is 11.3. The molecule has 1 atom stereocenters. The van der Waals surface area contributed by atoms with Crippen molar-refractivity contribution in [2.75, 3.05) is 5.32 Å². The number of hydrogen-bond acceptors (Lipinski definition) is 4. The second kappa shape index (κ2) is 4.75. The molecular weight excluding hydrogens is 286 g/mol. The van der Waals surface area contributed by atoms with E-state index in [0.717, 1.165) is 11.5 Å². The van der Waals surface area contributed by atoms with Crippen molar-refractivity contribution >= 4 is 21.6 Å². The lowest BCUT2D eigenvalue weighted by molar-refractivity contribution is 0.467. The SMILES string of the molecule is Cc1ccc(C(C)Nc2cn[nH]c(=O)c2Br)o1. The molecule has 0 fully saturated rings. The van der Waals surface area contributed by atoms with Crippen LogP contribution in [0.4, 0.5) is 5.69 Å². The van der Waals surface area contributed by atoms with Gasteiger partial charge in [0.05, 0.1) is 17.9 Å². The first-order valence-corrected chi connectivity index (χ1v) is 5.93. The van der Waals surface area contributed by atoms with Gasteiger partial charge in [-0.05, 0) is 41.9 Å². The Labute approximate surface area is 106 Å². The number of anilines is 1. The van der Waals surface area contributed by atoms with Gasteiger partial charge in [-0.25, -0.2) is 5.10 Å². The van der Waals surface area contributed by atoms with Crippen LogP contribution in [0.25, 0.3) is 0 Å². The smallest absolute Gasteiger partial charge is 0.280 e. The number of hydrogen-bond donors (Lipinski definition) is 2. The molecule has 0 saturated heterocycles. The maximum absolute atomic E-state index is 11.3.